The van der Waals surface area contributed by atoms with Crippen molar-refractivity contribution in [1.29, 1.82) is 0 Å². The largest absolute Gasteiger partial charge is 0.481 e. The lowest BCUT2D eigenvalue weighted by Gasteiger charge is -2.45. The number of rotatable bonds is 2. The van der Waals surface area contributed by atoms with Crippen molar-refractivity contribution in [2.45, 2.75) is 26.1 Å². The van der Waals surface area contributed by atoms with E-state index in [4.69, 9.17) is 9.84 Å². The summed E-state index contributed by atoms with van der Waals surface area (Å²) in [4.78, 5) is 22.4. The monoisotopic (exact) mass is 214 g/mol. The number of aliphatic hydroxyl groups is 1. The molecule has 1 saturated carbocycles. The number of ether oxygens (including phenoxy) is 1. The number of aliphatic hydroxyl groups excluding tert-OH is 1. The van der Waals surface area contributed by atoms with E-state index < -0.39 is 29.8 Å². The van der Waals surface area contributed by atoms with Crippen molar-refractivity contribution in [3.05, 3.63) is 0 Å². The van der Waals surface area contributed by atoms with Crippen LogP contribution in [0.4, 0.5) is 0 Å². The third-order valence-electron chi connectivity index (χ3n) is 3.62. The van der Waals surface area contributed by atoms with E-state index in [1.54, 1.807) is 6.92 Å². The van der Waals surface area contributed by atoms with Gasteiger partial charge in [-0.25, -0.2) is 0 Å². The first-order valence-electron chi connectivity index (χ1n) is 5.06. The van der Waals surface area contributed by atoms with Crippen LogP contribution < -0.4 is 0 Å². The summed E-state index contributed by atoms with van der Waals surface area (Å²) in [5.41, 5.74) is 0. The molecule has 1 aliphatic heterocycles. The first-order valence-corrected chi connectivity index (χ1v) is 5.06. The number of carboxylic acids is 1. The predicted molar refractivity (Wildman–Crippen MR) is 48.8 cm³/mol. The number of carbonyl (C=O) groups excluding carboxylic acids is 1. The first-order chi connectivity index (χ1) is 6.95. The van der Waals surface area contributed by atoms with Gasteiger partial charge in [0.05, 0.1) is 17.9 Å². The highest BCUT2D eigenvalue weighted by Gasteiger charge is 2.65. The minimum atomic E-state index is -0.952. The number of carboxylic acid groups (broad SMARTS) is 1. The molecule has 6 atom stereocenters. The van der Waals surface area contributed by atoms with E-state index in [0.717, 1.165) is 0 Å². The maximum Gasteiger partial charge on any atom is 0.310 e. The Bertz CT molecular complexity index is 311. The van der Waals surface area contributed by atoms with Gasteiger partial charge in [-0.3, -0.25) is 9.59 Å². The van der Waals surface area contributed by atoms with Crippen LogP contribution in [0.25, 0.3) is 0 Å². The van der Waals surface area contributed by atoms with E-state index in [0.29, 0.717) is 0 Å². The fraction of sp³-hybridized carbons (Fsp3) is 0.800. The second kappa shape index (κ2) is 3.20. The molecule has 2 N–H and O–H groups in total. The number of carbonyl (C=O) groups is 2. The molecule has 1 aliphatic carbocycles. The zero-order chi connectivity index (χ0) is 11.3. The molecular weight excluding hydrogens is 200 g/mol. The molecule has 5 nitrogen and oxygen atoms in total. The minimum Gasteiger partial charge on any atom is -0.481 e. The molecule has 2 rings (SSSR count). The topological polar surface area (TPSA) is 83.8 Å². The molecule has 0 bridgehead atoms. The van der Waals surface area contributed by atoms with Crippen molar-refractivity contribution in [3.8, 4) is 0 Å². The van der Waals surface area contributed by atoms with Gasteiger partial charge in [0, 0.05) is 11.8 Å². The number of hydrogen-bond acceptors (Lipinski definition) is 4. The van der Waals surface area contributed by atoms with Gasteiger partial charge in [0.2, 0.25) is 0 Å². The van der Waals surface area contributed by atoms with Crippen LogP contribution in [0.15, 0.2) is 0 Å². The highest BCUT2D eigenvalue weighted by Crippen LogP contribution is 2.54. The van der Waals surface area contributed by atoms with Gasteiger partial charge in [-0.1, -0.05) is 0 Å². The summed E-state index contributed by atoms with van der Waals surface area (Å²) in [6, 6.07) is 0. The Morgan fingerprint density at radius 2 is 2.13 bits per heavy atom. The van der Waals surface area contributed by atoms with E-state index in [-0.39, 0.29) is 18.0 Å². The molecule has 0 aromatic rings. The molecule has 0 aromatic heterocycles. The molecule has 0 radical (unpaired) electrons. The van der Waals surface area contributed by atoms with Crippen molar-refractivity contribution in [2.24, 2.45) is 23.7 Å². The molecule has 84 valence electrons. The van der Waals surface area contributed by atoms with E-state index in [1.807, 2.05) is 0 Å². The summed E-state index contributed by atoms with van der Waals surface area (Å²) < 4.78 is 5.00. The van der Waals surface area contributed by atoms with Crippen LogP contribution in [0.2, 0.25) is 0 Å². The van der Waals surface area contributed by atoms with Gasteiger partial charge in [-0.2, -0.15) is 0 Å². The van der Waals surface area contributed by atoms with Crippen molar-refractivity contribution >= 4 is 11.9 Å². The van der Waals surface area contributed by atoms with Crippen LogP contribution in [0.5, 0.6) is 0 Å². The van der Waals surface area contributed by atoms with E-state index in [1.165, 1.54) is 6.92 Å². The number of hydrogen-bond donors (Lipinski definition) is 2. The normalized spacial score (nSPS) is 45.3. The number of aliphatic carboxylic acids is 1. The van der Waals surface area contributed by atoms with Gasteiger partial charge in [-0.05, 0) is 13.8 Å². The Morgan fingerprint density at radius 3 is 2.60 bits per heavy atom. The minimum absolute atomic E-state index is 0.269. The number of cyclic esters (lactones) is 1. The molecular formula is C10H14O5. The standard InChI is InChI=1S/C10H14O5/c1-3(11)5-7(9(12)13)6-4(2)15-10(14)8(5)6/h3-8,11H,1-2H3,(H,12,13)/t3-,4-,5-,6-,7+,8-/m1/s1. The van der Waals surface area contributed by atoms with Crippen LogP contribution in [0.1, 0.15) is 13.8 Å². The Hall–Kier alpha value is -1.10. The highest BCUT2D eigenvalue weighted by molar-refractivity contribution is 5.83. The smallest absolute Gasteiger partial charge is 0.310 e. The Balaban J connectivity index is 2.26. The molecule has 0 unspecified atom stereocenters. The van der Waals surface area contributed by atoms with Crippen LogP contribution >= 0.6 is 0 Å². The summed E-state index contributed by atoms with van der Waals surface area (Å²) in [5, 5.41) is 18.5. The van der Waals surface area contributed by atoms with Crippen molar-refractivity contribution in [3.63, 3.8) is 0 Å². The summed E-state index contributed by atoms with van der Waals surface area (Å²) in [6.07, 6.45) is -1.14. The van der Waals surface area contributed by atoms with Gasteiger partial charge in [0.15, 0.2) is 0 Å². The first kappa shape index (κ1) is 10.4. The third-order valence-corrected chi connectivity index (χ3v) is 3.62. The maximum absolute atomic E-state index is 11.4. The number of fused-ring (bicyclic) bond motifs is 1. The predicted octanol–water partition coefficient (Wildman–Crippen LogP) is -0.125. The maximum atomic E-state index is 11.4. The van der Waals surface area contributed by atoms with Gasteiger partial charge >= 0.3 is 11.9 Å². The molecule has 5 heteroatoms. The zero-order valence-electron chi connectivity index (χ0n) is 8.58. The van der Waals surface area contributed by atoms with Crippen molar-refractivity contribution < 1.29 is 24.5 Å². The molecule has 2 fully saturated rings. The van der Waals surface area contributed by atoms with Gasteiger partial charge < -0.3 is 14.9 Å². The molecule has 2 aliphatic rings. The summed E-state index contributed by atoms with van der Waals surface area (Å²) in [6.45, 7) is 3.23. The van der Waals surface area contributed by atoms with Crippen LogP contribution in [-0.2, 0) is 14.3 Å². The fourth-order valence-corrected chi connectivity index (χ4v) is 2.98. The third kappa shape index (κ3) is 1.26. The SMILES string of the molecule is C[C@@H](O)[C@H]1[C@H]2C(=O)O[C@H](C)[C@@H]2[C@H]1C(=O)O. The summed E-state index contributed by atoms with van der Waals surface area (Å²) >= 11 is 0. The van der Waals surface area contributed by atoms with Crippen molar-refractivity contribution in [1.82, 2.24) is 0 Å². The lowest BCUT2D eigenvalue weighted by molar-refractivity contribution is -0.167. The summed E-state index contributed by atoms with van der Waals surface area (Å²) in [7, 11) is 0. The van der Waals surface area contributed by atoms with Gasteiger partial charge in [0.25, 0.3) is 0 Å². The second-order valence-electron chi connectivity index (χ2n) is 4.43. The Kier molecular flexibility index (Phi) is 2.22. The molecule has 1 saturated heterocycles. The van der Waals surface area contributed by atoms with Crippen LogP contribution in [0, 0.1) is 23.7 Å². The van der Waals surface area contributed by atoms with E-state index >= 15 is 0 Å². The highest BCUT2D eigenvalue weighted by atomic mass is 16.6. The summed E-state index contributed by atoms with van der Waals surface area (Å²) in [5.74, 6) is -3.17. The molecule has 0 amide bonds. The molecule has 15 heavy (non-hydrogen) atoms. The van der Waals surface area contributed by atoms with Gasteiger partial charge in [0.1, 0.15) is 6.10 Å². The average molecular weight is 214 g/mol. The van der Waals surface area contributed by atoms with Gasteiger partial charge in [-0.15, -0.1) is 0 Å². The zero-order valence-corrected chi connectivity index (χ0v) is 8.58. The number of esters is 1. The van der Waals surface area contributed by atoms with Crippen molar-refractivity contribution in [2.75, 3.05) is 0 Å². The van der Waals surface area contributed by atoms with Crippen LogP contribution in [0.3, 0.4) is 0 Å². The molecule has 0 spiro atoms. The lowest BCUT2D eigenvalue weighted by Crippen LogP contribution is -2.56. The Labute approximate surface area is 87.0 Å². The fourth-order valence-electron chi connectivity index (χ4n) is 2.98. The Morgan fingerprint density at radius 1 is 1.53 bits per heavy atom. The van der Waals surface area contributed by atoms with E-state index in [9.17, 15) is 14.7 Å². The van der Waals surface area contributed by atoms with Crippen LogP contribution in [-0.4, -0.2) is 34.4 Å². The molecule has 1 heterocycles. The van der Waals surface area contributed by atoms with E-state index in [2.05, 4.69) is 0 Å². The average Bonchev–Trinajstić information content (AvgIpc) is 2.19. The quantitative estimate of drug-likeness (QED) is 0.626. The molecule has 0 aromatic carbocycles. The lowest BCUT2D eigenvalue weighted by atomic mass is 9.54. The second-order valence-corrected chi connectivity index (χ2v) is 4.43.